The molecule has 1 saturated heterocycles. The molecule has 0 saturated carbocycles. The number of hydrogen-bond acceptors (Lipinski definition) is 2. The molecule has 1 nitrogen and oxygen atoms in total. The van der Waals surface area contributed by atoms with Gasteiger partial charge < -0.3 is 4.90 Å². The Morgan fingerprint density at radius 2 is 2.18 bits per heavy atom. The van der Waals surface area contributed by atoms with Gasteiger partial charge in [0, 0.05) is 13.1 Å². The standard InChI is InChI=1S/C9H11NS/c1-4-10-5-2-7(1)8-3-6-11-9(8)10/h3,6-7H,1-2,4-5H2. The normalized spacial score (nSPS) is 22.4. The maximum absolute atomic E-state index is 2.54. The molecule has 11 heavy (non-hydrogen) atoms. The van der Waals surface area contributed by atoms with Gasteiger partial charge in [0.05, 0.1) is 5.00 Å². The van der Waals surface area contributed by atoms with E-state index in [-0.39, 0.29) is 0 Å². The molecule has 4 heterocycles. The number of nitrogens with zero attached hydrogens (tertiary/aromatic N) is 1. The Hall–Kier alpha value is -0.500. The maximum Gasteiger partial charge on any atom is 0.0943 e. The second-order valence-corrected chi connectivity index (χ2v) is 4.34. The van der Waals surface area contributed by atoms with Gasteiger partial charge in [0.15, 0.2) is 0 Å². The lowest BCUT2D eigenvalue weighted by Gasteiger charge is -2.39. The van der Waals surface area contributed by atoms with Crippen molar-refractivity contribution in [3.05, 3.63) is 17.0 Å². The highest BCUT2D eigenvalue weighted by Gasteiger charge is 2.30. The van der Waals surface area contributed by atoms with E-state index in [1.807, 2.05) is 11.3 Å². The molecule has 3 aliphatic heterocycles. The van der Waals surface area contributed by atoms with E-state index in [9.17, 15) is 0 Å². The zero-order valence-corrected chi connectivity index (χ0v) is 7.23. The van der Waals surface area contributed by atoms with E-state index in [1.54, 1.807) is 10.6 Å². The molecule has 0 N–H and O–H groups in total. The average molecular weight is 165 g/mol. The van der Waals surface area contributed by atoms with E-state index in [4.69, 9.17) is 0 Å². The van der Waals surface area contributed by atoms with Crippen molar-refractivity contribution < 1.29 is 0 Å². The molecular formula is C9H11NS. The predicted octanol–water partition coefficient (Wildman–Crippen LogP) is 2.45. The van der Waals surface area contributed by atoms with Crippen molar-refractivity contribution in [2.45, 2.75) is 18.8 Å². The number of anilines is 1. The van der Waals surface area contributed by atoms with E-state index < -0.39 is 0 Å². The van der Waals surface area contributed by atoms with Crippen molar-refractivity contribution in [1.29, 1.82) is 0 Å². The van der Waals surface area contributed by atoms with E-state index >= 15 is 0 Å². The molecule has 1 aromatic heterocycles. The van der Waals surface area contributed by atoms with Gasteiger partial charge in [0.1, 0.15) is 0 Å². The van der Waals surface area contributed by atoms with Crippen molar-refractivity contribution in [2.24, 2.45) is 0 Å². The fourth-order valence-electron chi connectivity index (χ4n) is 2.27. The zero-order valence-electron chi connectivity index (χ0n) is 6.42. The fraction of sp³-hybridized carbons (Fsp3) is 0.556. The quantitative estimate of drug-likeness (QED) is 0.570. The number of rotatable bonds is 0. The molecule has 0 aliphatic carbocycles. The minimum atomic E-state index is 0.904. The predicted molar refractivity (Wildman–Crippen MR) is 48.5 cm³/mol. The number of piperidine rings is 1. The monoisotopic (exact) mass is 165 g/mol. The highest BCUT2D eigenvalue weighted by Crippen LogP contribution is 2.44. The van der Waals surface area contributed by atoms with Crippen LogP contribution >= 0.6 is 11.3 Å². The smallest absolute Gasteiger partial charge is 0.0943 e. The largest absolute Gasteiger partial charge is 0.363 e. The lowest BCUT2D eigenvalue weighted by molar-refractivity contribution is 0.479. The summed E-state index contributed by atoms with van der Waals surface area (Å²) in [5, 5.41) is 3.80. The molecule has 2 heteroatoms. The molecule has 58 valence electrons. The summed E-state index contributed by atoms with van der Waals surface area (Å²) in [4.78, 5) is 2.54. The first-order valence-electron chi connectivity index (χ1n) is 4.27. The molecule has 1 fully saturated rings. The number of thiophene rings is 1. The Morgan fingerprint density at radius 3 is 2.91 bits per heavy atom. The minimum Gasteiger partial charge on any atom is -0.363 e. The summed E-state index contributed by atoms with van der Waals surface area (Å²) in [6.07, 6.45) is 2.79. The summed E-state index contributed by atoms with van der Waals surface area (Å²) in [5.74, 6) is 0.904. The van der Waals surface area contributed by atoms with Crippen LogP contribution < -0.4 is 4.90 Å². The molecule has 2 bridgehead atoms. The van der Waals surface area contributed by atoms with E-state index in [0.29, 0.717) is 0 Å². The third-order valence-corrected chi connectivity index (χ3v) is 3.89. The van der Waals surface area contributed by atoms with Gasteiger partial charge in [-0.1, -0.05) is 0 Å². The Labute approximate surface area is 70.6 Å². The van der Waals surface area contributed by atoms with Gasteiger partial charge in [-0.05, 0) is 35.8 Å². The van der Waals surface area contributed by atoms with Gasteiger partial charge in [-0.3, -0.25) is 0 Å². The summed E-state index contributed by atoms with van der Waals surface area (Å²) in [7, 11) is 0. The van der Waals surface area contributed by atoms with Crippen LogP contribution in [0, 0.1) is 0 Å². The Balaban J connectivity index is 2.19. The van der Waals surface area contributed by atoms with Gasteiger partial charge in [-0.2, -0.15) is 0 Å². The van der Waals surface area contributed by atoms with Crippen LogP contribution in [-0.4, -0.2) is 13.1 Å². The molecule has 3 aliphatic rings. The molecule has 0 radical (unpaired) electrons. The fourth-order valence-corrected chi connectivity index (χ4v) is 3.32. The number of fused-ring (bicyclic) bond motifs is 2. The van der Waals surface area contributed by atoms with Crippen LogP contribution in [-0.2, 0) is 0 Å². The van der Waals surface area contributed by atoms with Crippen molar-refractivity contribution in [2.75, 3.05) is 18.0 Å². The van der Waals surface area contributed by atoms with Crippen LogP contribution in [0.4, 0.5) is 5.00 Å². The van der Waals surface area contributed by atoms with Crippen LogP contribution in [0.2, 0.25) is 0 Å². The summed E-state index contributed by atoms with van der Waals surface area (Å²) < 4.78 is 0. The van der Waals surface area contributed by atoms with Crippen LogP contribution in [0.1, 0.15) is 24.3 Å². The second-order valence-electron chi connectivity index (χ2n) is 3.44. The van der Waals surface area contributed by atoms with Crippen LogP contribution in [0.15, 0.2) is 11.4 Å². The van der Waals surface area contributed by atoms with Crippen molar-refractivity contribution in [1.82, 2.24) is 0 Å². The third kappa shape index (κ3) is 0.707. The van der Waals surface area contributed by atoms with Crippen molar-refractivity contribution in [3.8, 4) is 0 Å². The van der Waals surface area contributed by atoms with Gasteiger partial charge in [-0.15, -0.1) is 11.3 Å². The highest BCUT2D eigenvalue weighted by molar-refractivity contribution is 7.14. The summed E-state index contributed by atoms with van der Waals surface area (Å²) in [6.45, 7) is 2.61. The molecule has 0 spiro atoms. The van der Waals surface area contributed by atoms with E-state index in [2.05, 4.69) is 16.3 Å². The molecule has 1 aromatic rings. The topological polar surface area (TPSA) is 3.24 Å². The van der Waals surface area contributed by atoms with Gasteiger partial charge in [-0.25, -0.2) is 0 Å². The first kappa shape index (κ1) is 6.06. The van der Waals surface area contributed by atoms with E-state index in [1.165, 1.54) is 25.9 Å². The molecule has 0 atom stereocenters. The Kier molecular flexibility index (Phi) is 1.11. The average Bonchev–Trinajstić information content (AvgIpc) is 2.55. The Morgan fingerprint density at radius 1 is 1.36 bits per heavy atom. The number of hydrogen-bond donors (Lipinski definition) is 0. The summed E-state index contributed by atoms with van der Waals surface area (Å²) in [5.41, 5.74) is 1.63. The van der Waals surface area contributed by atoms with Crippen molar-refractivity contribution in [3.63, 3.8) is 0 Å². The second kappa shape index (κ2) is 2.01. The first-order valence-corrected chi connectivity index (χ1v) is 5.15. The van der Waals surface area contributed by atoms with Gasteiger partial charge in [0.2, 0.25) is 0 Å². The molecule has 0 amide bonds. The van der Waals surface area contributed by atoms with Crippen LogP contribution in [0.3, 0.4) is 0 Å². The van der Waals surface area contributed by atoms with Crippen molar-refractivity contribution >= 4 is 16.3 Å². The van der Waals surface area contributed by atoms with Crippen LogP contribution in [0.25, 0.3) is 0 Å². The highest BCUT2D eigenvalue weighted by atomic mass is 32.1. The third-order valence-electron chi connectivity index (χ3n) is 2.90. The summed E-state index contributed by atoms with van der Waals surface area (Å²) >= 11 is 1.91. The first-order chi connectivity index (χ1) is 5.45. The Bertz CT molecular complexity index is 244. The van der Waals surface area contributed by atoms with Gasteiger partial charge in [0.25, 0.3) is 0 Å². The van der Waals surface area contributed by atoms with Gasteiger partial charge >= 0.3 is 0 Å². The SMILES string of the molecule is c1cc2c(s1)N1CCC2CC1. The summed E-state index contributed by atoms with van der Waals surface area (Å²) in [6, 6.07) is 2.32. The maximum atomic E-state index is 2.54. The molecular weight excluding hydrogens is 154 g/mol. The van der Waals surface area contributed by atoms with E-state index in [0.717, 1.165) is 5.92 Å². The lowest BCUT2D eigenvalue weighted by Crippen LogP contribution is -2.37. The molecule has 0 unspecified atom stereocenters. The molecule has 4 rings (SSSR count). The van der Waals surface area contributed by atoms with Crippen LogP contribution in [0.5, 0.6) is 0 Å². The minimum absolute atomic E-state index is 0.904. The lowest BCUT2D eigenvalue weighted by atomic mass is 9.87. The zero-order chi connectivity index (χ0) is 7.26. The molecule has 0 aromatic carbocycles.